The van der Waals surface area contributed by atoms with Gasteiger partial charge in [-0.1, -0.05) is 26.7 Å². The van der Waals surface area contributed by atoms with Crippen LogP contribution in [0.1, 0.15) is 39.5 Å². The van der Waals surface area contributed by atoms with Crippen LogP contribution in [0.2, 0.25) is 0 Å². The average Bonchev–Trinajstić information content (AvgIpc) is 2.37. The summed E-state index contributed by atoms with van der Waals surface area (Å²) in [7, 11) is 0. The molecule has 0 aromatic rings. The Balaban J connectivity index is 3.88. The largest absolute Gasteiger partial charge is 0.396 e. The second-order valence-electron chi connectivity index (χ2n) is 4.63. The molecule has 0 radical (unpaired) electrons. The van der Waals surface area contributed by atoms with Crippen molar-refractivity contribution in [1.29, 1.82) is 0 Å². The van der Waals surface area contributed by atoms with Crippen molar-refractivity contribution in [1.82, 2.24) is 0 Å². The van der Waals surface area contributed by atoms with Crippen LogP contribution in [0, 0.1) is 5.41 Å². The second kappa shape index (κ2) is 11.0. The lowest BCUT2D eigenvalue weighted by molar-refractivity contribution is -0.0774. The lowest BCUT2D eigenvalue weighted by atomic mass is 9.92. The Morgan fingerprint density at radius 2 is 1.24 bits per heavy atom. The molecular weight excluding hydrogens is 220 g/mol. The van der Waals surface area contributed by atoms with Crippen molar-refractivity contribution in [2.75, 3.05) is 39.6 Å². The third kappa shape index (κ3) is 7.71. The molecule has 0 aromatic heterocycles. The lowest BCUT2D eigenvalue weighted by Crippen LogP contribution is -2.40. The summed E-state index contributed by atoms with van der Waals surface area (Å²) in [6.45, 7) is 6.04. The minimum atomic E-state index is -0.651. The number of hydrogen-bond donors (Lipinski definition) is 2. The Morgan fingerprint density at radius 3 is 1.53 bits per heavy atom. The molecule has 0 amide bonds. The van der Waals surface area contributed by atoms with E-state index in [2.05, 4.69) is 13.8 Å². The zero-order valence-corrected chi connectivity index (χ0v) is 11.3. The summed E-state index contributed by atoms with van der Waals surface area (Å²) in [6, 6.07) is 0. The molecular formula is C13H28O4. The summed E-state index contributed by atoms with van der Waals surface area (Å²) in [5.74, 6) is 0. The van der Waals surface area contributed by atoms with Crippen LogP contribution in [0.25, 0.3) is 0 Å². The van der Waals surface area contributed by atoms with Gasteiger partial charge in [0.2, 0.25) is 0 Å². The Morgan fingerprint density at radius 1 is 0.824 bits per heavy atom. The first-order chi connectivity index (χ1) is 8.24. The molecule has 0 spiro atoms. The van der Waals surface area contributed by atoms with E-state index in [1.54, 1.807) is 0 Å². The Labute approximate surface area is 105 Å². The van der Waals surface area contributed by atoms with E-state index in [-0.39, 0.29) is 13.2 Å². The van der Waals surface area contributed by atoms with Gasteiger partial charge in [-0.3, -0.25) is 0 Å². The van der Waals surface area contributed by atoms with Crippen LogP contribution in [-0.2, 0) is 9.47 Å². The number of ether oxygens (including phenoxy) is 2. The van der Waals surface area contributed by atoms with Crippen molar-refractivity contribution in [3.05, 3.63) is 0 Å². The van der Waals surface area contributed by atoms with Gasteiger partial charge in [-0.15, -0.1) is 0 Å². The van der Waals surface area contributed by atoms with E-state index < -0.39 is 5.41 Å². The van der Waals surface area contributed by atoms with Crippen molar-refractivity contribution < 1.29 is 19.7 Å². The van der Waals surface area contributed by atoms with E-state index in [1.165, 1.54) is 0 Å². The smallest absolute Gasteiger partial charge is 0.0632 e. The predicted molar refractivity (Wildman–Crippen MR) is 68.1 cm³/mol. The molecule has 0 atom stereocenters. The molecule has 0 unspecified atom stereocenters. The van der Waals surface area contributed by atoms with Crippen molar-refractivity contribution in [3.8, 4) is 0 Å². The first-order valence-corrected chi connectivity index (χ1v) is 6.62. The molecule has 0 fully saturated rings. The molecule has 0 aliphatic carbocycles. The van der Waals surface area contributed by atoms with Gasteiger partial charge in [0.05, 0.1) is 31.8 Å². The number of hydrogen-bond acceptors (Lipinski definition) is 4. The number of aliphatic hydroxyl groups is 2. The van der Waals surface area contributed by atoms with E-state index in [1.807, 2.05) is 0 Å². The topological polar surface area (TPSA) is 58.9 Å². The third-order valence-electron chi connectivity index (χ3n) is 2.77. The summed E-state index contributed by atoms with van der Waals surface area (Å²) >= 11 is 0. The van der Waals surface area contributed by atoms with Crippen molar-refractivity contribution in [3.63, 3.8) is 0 Å². The monoisotopic (exact) mass is 248 g/mol. The van der Waals surface area contributed by atoms with Gasteiger partial charge in [-0.2, -0.15) is 0 Å². The van der Waals surface area contributed by atoms with E-state index in [0.29, 0.717) is 26.4 Å². The number of aliphatic hydroxyl groups excluding tert-OH is 2. The molecule has 0 heterocycles. The first kappa shape index (κ1) is 16.8. The third-order valence-corrected chi connectivity index (χ3v) is 2.77. The van der Waals surface area contributed by atoms with Gasteiger partial charge in [-0.25, -0.2) is 0 Å². The fraction of sp³-hybridized carbons (Fsp3) is 1.00. The van der Waals surface area contributed by atoms with Crippen molar-refractivity contribution in [2.45, 2.75) is 39.5 Å². The van der Waals surface area contributed by atoms with E-state index in [4.69, 9.17) is 9.47 Å². The Bertz CT molecular complexity index is 143. The molecule has 0 rings (SSSR count). The maximum absolute atomic E-state index is 9.37. The minimum absolute atomic E-state index is 0.109. The predicted octanol–water partition coefficient (Wildman–Crippen LogP) is 1.59. The van der Waals surface area contributed by atoms with Crippen molar-refractivity contribution in [2.24, 2.45) is 5.41 Å². The zero-order valence-electron chi connectivity index (χ0n) is 11.3. The van der Waals surface area contributed by atoms with E-state index in [0.717, 1.165) is 25.7 Å². The molecule has 0 aliphatic heterocycles. The molecule has 4 heteroatoms. The minimum Gasteiger partial charge on any atom is -0.396 e. The van der Waals surface area contributed by atoms with Crippen LogP contribution in [0.5, 0.6) is 0 Å². The highest BCUT2D eigenvalue weighted by atomic mass is 16.5. The summed E-state index contributed by atoms with van der Waals surface area (Å²) in [5.41, 5.74) is -0.651. The fourth-order valence-electron chi connectivity index (χ4n) is 1.34. The molecule has 0 bridgehead atoms. The van der Waals surface area contributed by atoms with Crippen LogP contribution >= 0.6 is 0 Å². The normalized spacial score (nSPS) is 12.0. The maximum atomic E-state index is 9.37. The molecule has 0 saturated heterocycles. The molecule has 0 saturated carbocycles. The summed E-state index contributed by atoms with van der Waals surface area (Å²) in [6.07, 6.45) is 4.17. The quantitative estimate of drug-likeness (QED) is 0.515. The van der Waals surface area contributed by atoms with Crippen LogP contribution in [0.4, 0.5) is 0 Å². The van der Waals surface area contributed by atoms with Gasteiger partial charge in [0.15, 0.2) is 0 Å². The standard InChI is InChI=1S/C13H28O4/c1-3-5-7-16-11-13(9-14,10-15)12-17-8-6-4-2/h14-15H,3-12H2,1-2H3. The Kier molecular flexibility index (Phi) is 10.9. The second-order valence-corrected chi connectivity index (χ2v) is 4.63. The van der Waals surface area contributed by atoms with Gasteiger partial charge < -0.3 is 19.7 Å². The maximum Gasteiger partial charge on any atom is 0.0632 e. The summed E-state index contributed by atoms with van der Waals surface area (Å²) < 4.78 is 11.0. The fourth-order valence-corrected chi connectivity index (χ4v) is 1.34. The summed E-state index contributed by atoms with van der Waals surface area (Å²) in [5, 5.41) is 18.7. The highest BCUT2D eigenvalue weighted by Crippen LogP contribution is 2.17. The lowest BCUT2D eigenvalue weighted by Gasteiger charge is -2.29. The highest BCUT2D eigenvalue weighted by molar-refractivity contribution is 4.77. The molecule has 0 aromatic carbocycles. The van der Waals surface area contributed by atoms with Crippen LogP contribution in [0.3, 0.4) is 0 Å². The van der Waals surface area contributed by atoms with Gasteiger partial charge in [0.25, 0.3) is 0 Å². The van der Waals surface area contributed by atoms with Gasteiger partial charge in [-0.05, 0) is 12.8 Å². The molecule has 0 aliphatic rings. The van der Waals surface area contributed by atoms with Gasteiger partial charge >= 0.3 is 0 Å². The van der Waals surface area contributed by atoms with Crippen LogP contribution in [-0.4, -0.2) is 49.9 Å². The van der Waals surface area contributed by atoms with Gasteiger partial charge in [0.1, 0.15) is 0 Å². The first-order valence-electron chi connectivity index (χ1n) is 6.62. The number of rotatable bonds is 12. The summed E-state index contributed by atoms with van der Waals surface area (Å²) in [4.78, 5) is 0. The molecule has 2 N–H and O–H groups in total. The van der Waals surface area contributed by atoms with Crippen molar-refractivity contribution >= 4 is 0 Å². The number of unbranched alkanes of at least 4 members (excludes halogenated alkanes) is 2. The van der Waals surface area contributed by atoms with Crippen LogP contribution in [0.15, 0.2) is 0 Å². The molecule has 104 valence electrons. The van der Waals surface area contributed by atoms with E-state index in [9.17, 15) is 10.2 Å². The zero-order chi connectivity index (χ0) is 13.0. The van der Waals surface area contributed by atoms with Gasteiger partial charge in [0, 0.05) is 13.2 Å². The average molecular weight is 248 g/mol. The highest BCUT2D eigenvalue weighted by Gasteiger charge is 2.29. The Hall–Kier alpha value is -0.160. The molecule has 4 nitrogen and oxygen atoms in total. The SMILES string of the molecule is CCCCOCC(CO)(CO)COCCCC. The molecule has 17 heavy (non-hydrogen) atoms. The van der Waals surface area contributed by atoms with Crippen LogP contribution < -0.4 is 0 Å². The van der Waals surface area contributed by atoms with E-state index >= 15 is 0 Å².